The molecule has 0 aliphatic carbocycles. The third-order valence-corrected chi connectivity index (χ3v) is 2.73. The van der Waals surface area contributed by atoms with Crippen molar-refractivity contribution in [2.45, 2.75) is 19.1 Å². The van der Waals surface area contributed by atoms with Crippen molar-refractivity contribution in [1.29, 1.82) is 0 Å². The van der Waals surface area contributed by atoms with Gasteiger partial charge in [0.2, 0.25) is 0 Å². The van der Waals surface area contributed by atoms with Crippen LogP contribution < -0.4 is 10.6 Å². The number of nitrogens with one attached hydrogen (secondary N) is 2. The Kier molecular flexibility index (Phi) is 5.14. The largest absolute Gasteiger partial charge is 0.391 e. The fourth-order valence-corrected chi connectivity index (χ4v) is 1.73. The molecule has 0 saturated heterocycles. The van der Waals surface area contributed by atoms with E-state index in [0.717, 1.165) is 5.56 Å². The van der Waals surface area contributed by atoms with Crippen molar-refractivity contribution in [2.75, 3.05) is 6.54 Å². The summed E-state index contributed by atoms with van der Waals surface area (Å²) >= 11 is 0. The molecule has 0 bridgehead atoms. The van der Waals surface area contributed by atoms with Crippen LogP contribution in [0.5, 0.6) is 0 Å². The van der Waals surface area contributed by atoms with E-state index < -0.39 is 6.10 Å². The van der Waals surface area contributed by atoms with Crippen LogP contribution in [0.1, 0.15) is 11.3 Å². The number of aromatic nitrogens is 1. The van der Waals surface area contributed by atoms with Crippen LogP contribution in [-0.2, 0) is 13.0 Å². The van der Waals surface area contributed by atoms with Crippen molar-refractivity contribution >= 4 is 6.03 Å². The van der Waals surface area contributed by atoms with E-state index in [9.17, 15) is 9.90 Å². The SMILES string of the molecule is O=C(NCc1ccon1)NCC(O)Cc1ccccc1. The first-order valence-electron chi connectivity index (χ1n) is 6.37. The van der Waals surface area contributed by atoms with Crippen molar-refractivity contribution in [1.82, 2.24) is 15.8 Å². The summed E-state index contributed by atoms with van der Waals surface area (Å²) in [6, 6.07) is 11.0. The number of amides is 2. The topological polar surface area (TPSA) is 87.4 Å². The molecule has 0 radical (unpaired) electrons. The Labute approximate surface area is 116 Å². The number of carbonyl (C=O) groups excluding carboxylic acids is 1. The molecule has 0 spiro atoms. The number of hydrogen-bond donors (Lipinski definition) is 3. The average Bonchev–Trinajstić information content (AvgIpc) is 2.97. The Morgan fingerprint density at radius 2 is 2.05 bits per heavy atom. The van der Waals surface area contributed by atoms with E-state index in [1.165, 1.54) is 6.26 Å². The molecule has 20 heavy (non-hydrogen) atoms. The maximum atomic E-state index is 11.5. The fourth-order valence-electron chi connectivity index (χ4n) is 1.73. The molecular formula is C14H17N3O3. The molecule has 106 valence electrons. The molecule has 2 aromatic rings. The van der Waals surface area contributed by atoms with Gasteiger partial charge in [0, 0.05) is 19.0 Å². The summed E-state index contributed by atoms with van der Waals surface area (Å²) in [4.78, 5) is 11.5. The van der Waals surface area contributed by atoms with Gasteiger partial charge in [-0.05, 0) is 5.56 Å². The Morgan fingerprint density at radius 1 is 1.25 bits per heavy atom. The van der Waals surface area contributed by atoms with E-state index in [4.69, 9.17) is 0 Å². The zero-order chi connectivity index (χ0) is 14.2. The molecule has 2 rings (SSSR count). The lowest BCUT2D eigenvalue weighted by Crippen LogP contribution is -2.40. The van der Waals surface area contributed by atoms with Gasteiger partial charge in [0.05, 0.1) is 12.6 Å². The zero-order valence-electron chi connectivity index (χ0n) is 11.0. The van der Waals surface area contributed by atoms with Crippen LogP contribution in [0, 0.1) is 0 Å². The minimum Gasteiger partial charge on any atom is -0.391 e. The van der Waals surface area contributed by atoms with Crippen LogP contribution in [0.2, 0.25) is 0 Å². The van der Waals surface area contributed by atoms with Crippen LogP contribution in [0.15, 0.2) is 47.2 Å². The molecule has 3 N–H and O–H groups in total. The predicted octanol–water partition coefficient (Wildman–Crippen LogP) is 1.08. The van der Waals surface area contributed by atoms with Crippen LogP contribution in [0.4, 0.5) is 4.79 Å². The van der Waals surface area contributed by atoms with Gasteiger partial charge in [-0.3, -0.25) is 0 Å². The number of urea groups is 1. The molecule has 0 aliphatic rings. The quantitative estimate of drug-likeness (QED) is 0.736. The first-order valence-corrected chi connectivity index (χ1v) is 6.37. The lowest BCUT2D eigenvalue weighted by atomic mass is 10.1. The van der Waals surface area contributed by atoms with Gasteiger partial charge in [0.15, 0.2) is 0 Å². The molecule has 1 heterocycles. The van der Waals surface area contributed by atoms with E-state index in [-0.39, 0.29) is 19.1 Å². The van der Waals surface area contributed by atoms with E-state index in [1.54, 1.807) is 6.07 Å². The van der Waals surface area contributed by atoms with Gasteiger partial charge >= 0.3 is 6.03 Å². The smallest absolute Gasteiger partial charge is 0.315 e. The maximum Gasteiger partial charge on any atom is 0.315 e. The highest BCUT2D eigenvalue weighted by Gasteiger charge is 2.08. The fraction of sp³-hybridized carbons (Fsp3) is 0.286. The monoisotopic (exact) mass is 275 g/mol. The van der Waals surface area contributed by atoms with Crippen molar-refractivity contribution in [2.24, 2.45) is 0 Å². The summed E-state index contributed by atoms with van der Waals surface area (Å²) in [6.07, 6.45) is 1.33. The van der Waals surface area contributed by atoms with Gasteiger partial charge in [-0.2, -0.15) is 0 Å². The minimum atomic E-state index is -0.616. The zero-order valence-corrected chi connectivity index (χ0v) is 11.0. The van der Waals surface area contributed by atoms with Crippen LogP contribution in [-0.4, -0.2) is 28.9 Å². The Hall–Kier alpha value is -2.34. The maximum absolute atomic E-state index is 11.5. The number of nitrogens with zero attached hydrogens (tertiary/aromatic N) is 1. The first-order chi connectivity index (χ1) is 9.74. The number of benzene rings is 1. The summed E-state index contributed by atoms with van der Waals surface area (Å²) in [5.41, 5.74) is 1.68. The van der Waals surface area contributed by atoms with Crippen molar-refractivity contribution < 1.29 is 14.4 Å². The van der Waals surface area contributed by atoms with Crippen molar-refractivity contribution in [3.05, 3.63) is 53.9 Å². The molecule has 6 nitrogen and oxygen atoms in total. The third kappa shape index (κ3) is 4.74. The molecule has 1 aromatic heterocycles. The third-order valence-electron chi connectivity index (χ3n) is 2.73. The lowest BCUT2D eigenvalue weighted by Gasteiger charge is -2.12. The minimum absolute atomic E-state index is 0.194. The normalized spacial score (nSPS) is 11.8. The second-order valence-corrected chi connectivity index (χ2v) is 4.40. The number of carbonyl (C=O) groups is 1. The Morgan fingerprint density at radius 3 is 2.75 bits per heavy atom. The van der Waals surface area contributed by atoms with Gasteiger partial charge in [0.1, 0.15) is 12.0 Å². The molecule has 6 heteroatoms. The highest BCUT2D eigenvalue weighted by molar-refractivity contribution is 5.73. The van der Waals surface area contributed by atoms with E-state index in [0.29, 0.717) is 12.1 Å². The molecule has 2 amide bonds. The van der Waals surface area contributed by atoms with Crippen LogP contribution >= 0.6 is 0 Å². The summed E-state index contributed by atoms with van der Waals surface area (Å²) in [5, 5.41) is 18.7. The van der Waals surface area contributed by atoms with Crippen LogP contribution in [0.25, 0.3) is 0 Å². The molecule has 1 atom stereocenters. The summed E-state index contributed by atoms with van der Waals surface area (Å²) in [5.74, 6) is 0. The molecule has 0 aliphatic heterocycles. The average molecular weight is 275 g/mol. The standard InChI is InChI=1S/C14H17N3O3/c18-13(8-11-4-2-1-3-5-11)10-16-14(19)15-9-12-6-7-20-17-12/h1-7,13,18H,8-10H2,(H2,15,16,19). The number of aliphatic hydroxyl groups excluding tert-OH is 1. The van der Waals surface area contributed by atoms with Gasteiger partial charge in [-0.15, -0.1) is 0 Å². The second-order valence-electron chi connectivity index (χ2n) is 4.40. The number of rotatable bonds is 6. The lowest BCUT2D eigenvalue weighted by molar-refractivity contribution is 0.170. The molecule has 0 saturated carbocycles. The Bertz CT molecular complexity index is 514. The number of hydrogen-bond acceptors (Lipinski definition) is 4. The molecule has 1 aromatic carbocycles. The number of aliphatic hydroxyl groups is 1. The van der Waals surface area contributed by atoms with Gasteiger partial charge < -0.3 is 20.3 Å². The first kappa shape index (κ1) is 14.1. The summed E-state index contributed by atoms with van der Waals surface area (Å²) in [7, 11) is 0. The van der Waals surface area contributed by atoms with E-state index >= 15 is 0 Å². The highest BCUT2D eigenvalue weighted by Crippen LogP contribution is 2.02. The van der Waals surface area contributed by atoms with Gasteiger partial charge in [-0.1, -0.05) is 35.5 Å². The predicted molar refractivity (Wildman–Crippen MR) is 72.9 cm³/mol. The van der Waals surface area contributed by atoms with E-state index in [2.05, 4.69) is 20.3 Å². The van der Waals surface area contributed by atoms with E-state index in [1.807, 2.05) is 30.3 Å². The Balaban J connectivity index is 1.65. The van der Waals surface area contributed by atoms with Crippen molar-refractivity contribution in [3.63, 3.8) is 0 Å². The van der Waals surface area contributed by atoms with Gasteiger partial charge in [0.25, 0.3) is 0 Å². The summed E-state index contributed by atoms with van der Waals surface area (Å²) in [6.45, 7) is 0.483. The highest BCUT2D eigenvalue weighted by atomic mass is 16.5. The molecular weight excluding hydrogens is 258 g/mol. The van der Waals surface area contributed by atoms with Crippen LogP contribution in [0.3, 0.4) is 0 Å². The molecule has 1 unspecified atom stereocenters. The molecule has 0 fully saturated rings. The summed E-state index contributed by atoms with van der Waals surface area (Å²) < 4.78 is 4.65. The van der Waals surface area contributed by atoms with Gasteiger partial charge in [-0.25, -0.2) is 4.79 Å². The van der Waals surface area contributed by atoms with Crippen molar-refractivity contribution in [3.8, 4) is 0 Å². The second kappa shape index (κ2) is 7.30.